The zero-order chi connectivity index (χ0) is 11.7. The number of carbonyl (C=O) groups is 1. The van der Waals surface area contributed by atoms with Crippen molar-refractivity contribution in [2.75, 3.05) is 5.32 Å². The summed E-state index contributed by atoms with van der Waals surface area (Å²) in [6.07, 6.45) is -0.154. The highest BCUT2D eigenvalue weighted by Gasteiger charge is 2.23. The third-order valence-electron chi connectivity index (χ3n) is 2.88. The van der Waals surface area contributed by atoms with Gasteiger partial charge >= 0.3 is 0 Å². The normalized spacial score (nSPS) is 16.9. The Morgan fingerprint density at radius 2 is 1.50 bits per heavy atom. The van der Waals surface area contributed by atoms with Crippen molar-refractivity contribution in [1.29, 1.82) is 0 Å². The summed E-state index contributed by atoms with van der Waals surface area (Å²) in [4.78, 5) is 11.9. The number of fused-ring (bicyclic) bond motifs is 1. The number of anilines is 1. The van der Waals surface area contributed by atoms with Gasteiger partial charge in [0.25, 0.3) is 5.91 Å². The van der Waals surface area contributed by atoms with E-state index in [9.17, 15) is 4.79 Å². The van der Waals surface area contributed by atoms with Crippen LogP contribution in [0, 0.1) is 0 Å². The van der Waals surface area contributed by atoms with Crippen LogP contribution < -0.4 is 10.6 Å². The average molecular weight is 240 g/mol. The Balaban J connectivity index is 0.00000120. The number of rotatable bonds is 1. The fourth-order valence-corrected chi connectivity index (χ4v) is 2.02. The molecule has 0 spiro atoms. The summed E-state index contributed by atoms with van der Waals surface area (Å²) < 4.78 is 0. The van der Waals surface area contributed by atoms with Gasteiger partial charge in [0, 0.05) is 5.69 Å². The van der Waals surface area contributed by atoms with Crippen LogP contribution in [0.15, 0.2) is 54.6 Å². The van der Waals surface area contributed by atoms with E-state index in [4.69, 9.17) is 0 Å². The summed E-state index contributed by atoms with van der Waals surface area (Å²) in [7, 11) is 0. The van der Waals surface area contributed by atoms with Gasteiger partial charge in [-0.2, -0.15) is 0 Å². The number of hydrogen-bond donors (Lipinski definition) is 2. The van der Waals surface area contributed by atoms with Crippen molar-refractivity contribution in [3.8, 4) is 0 Å². The summed E-state index contributed by atoms with van der Waals surface area (Å²) >= 11 is 0. The third kappa shape index (κ3) is 2.07. The highest BCUT2D eigenvalue weighted by atomic mass is 16.2. The van der Waals surface area contributed by atoms with Gasteiger partial charge in [-0.1, -0.05) is 49.9 Å². The molecule has 18 heavy (non-hydrogen) atoms. The molecule has 3 heteroatoms. The first-order chi connectivity index (χ1) is 8.34. The molecule has 2 aromatic carbocycles. The van der Waals surface area contributed by atoms with Crippen LogP contribution in [0.3, 0.4) is 0 Å². The Kier molecular flexibility index (Phi) is 3.33. The Hall–Kier alpha value is -2.29. The maximum absolute atomic E-state index is 11.9. The topological polar surface area (TPSA) is 41.1 Å². The summed E-state index contributed by atoms with van der Waals surface area (Å²) in [5.41, 5.74) is 2.63. The van der Waals surface area contributed by atoms with Crippen molar-refractivity contribution in [2.45, 2.75) is 13.6 Å². The largest absolute Gasteiger partial charge is 0.361 e. The molecule has 1 aliphatic rings. The molecule has 92 valence electrons. The van der Waals surface area contributed by atoms with Gasteiger partial charge in [0.15, 0.2) is 0 Å². The van der Waals surface area contributed by atoms with Gasteiger partial charge in [0.2, 0.25) is 0 Å². The van der Waals surface area contributed by atoms with Crippen molar-refractivity contribution in [3.05, 3.63) is 65.7 Å². The van der Waals surface area contributed by atoms with Crippen LogP contribution in [0.2, 0.25) is 0 Å². The third-order valence-corrected chi connectivity index (χ3v) is 2.88. The van der Waals surface area contributed by atoms with E-state index >= 15 is 0 Å². The summed E-state index contributed by atoms with van der Waals surface area (Å²) in [6, 6.07) is 17.4. The highest BCUT2D eigenvalue weighted by Crippen LogP contribution is 2.25. The van der Waals surface area contributed by atoms with Gasteiger partial charge < -0.3 is 10.6 Å². The van der Waals surface area contributed by atoms with Crippen LogP contribution in [0.25, 0.3) is 0 Å². The molecule has 3 nitrogen and oxygen atoms in total. The fraction of sp³-hybridized carbons (Fsp3) is 0.133. The van der Waals surface area contributed by atoms with Crippen molar-refractivity contribution in [3.63, 3.8) is 0 Å². The second-order valence-corrected chi connectivity index (χ2v) is 4.01. The summed E-state index contributed by atoms with van der Waals surface area (Å²) in [5.74, 6) is -0.0341. The number of para-hydroxylation sites is 1. The van der Waals surface area contributed by atoms with Crippen LogP contribution in [0.5, 0.6) is 0 Å². The minimum Gasteiger partial charge on any atom is -0.361 e. The Bertz CT molecular complexity index is 551. The molecule has 0 aromatic heterocycles. The molecule has 1 unspecified atom stereocenters. The van der Waals surface area contributed by atoms with Crippen LogP contribution in [-0.2, 0) is 0 Å². The fourth-order valence-electron chi connectivity index (χ4n) is 2.02. The lowest BCUT2D eigenvalue weighted by atomic mass is 10.1. The first kappa shape index (κ1) is 12.2. The molecular weight excluding hydrogens is 224 g/mol. The molecule has 2 aromatic rings. The molecule has 0 bridgehead atoms. The minimum absolute atomic E-state index is 0. The summed E-state index contributed by atoms with van der Waals surface area (Å²) in [6.45, 7) is 0. The van der Waals surface area contributed by atoms with E-state index < -0.39 is 0 Å². The number of benzene rings is 2. The van der Waals surface area contributed by atoms with Gasteiger partial charge in [-0.05, 0) is 17.7 Å². The van der Waals surface area contributed by atoms with Crippen LogP contribution in [0.4, 0.5) is 5.69 Å². The zero-order valence-corrected chi connectivity index (χ0v) is 9.18. The van der Waals surface area contributed by atoms with E-state index in [-0.39, 0.29) is 19.5 Å². The van der Waals surface area contributed by atoms with E-state index in [1.165, 1.54) is 0 Å². The number of hydrogen-bond acceptors (Lipinski definition) is 2. The Morgan fingerprint density at radius 1 is 0.833 bits per heavy atom. The van der Waals surface area contributed by atoms with Crippen LogP contribution in [0.1, 0.15) is 29.5 Å². The molecule has 3 rings (SSSR count). The second kappa shape index (κ2) is 4.92. The average Bonchev–Trinajstić information content (AvgIpc) is 2.40. The van der Waals surface area contributed by atoms with Gasteiger partial charge in [0.05, 0.1) is 5.56 Å². The zero-order valence-electron chi connectivity index (χ0n) is 9.18. The van der Waals surface area contributed by atoms with Crippen molar-refractivity contribution < 1.29 is 4.79 Å². The van der Waals surface area contributed by atoms with Crippen molar-refractivity contribution in [2.24, 2.45) is 0 Å². The van der Waals surface area contributed by atoms with Gasteiger partial charge in [-0.3, -0.25) is 4.79 Å². The molecule has 0 aliphatic carbocycles. The highest BCUT2D eigenvalue weighted by molar-refractivity contribution is 6.01. The maximum Gasteiger partial charge on any atom is 0.255 e. The first-order valence-electron chi connectivity index (χ1n) is 5.56. The van der Waals surface area contributed by atoms with Crippen molar-refractivity contribution >= 4 is 11.6 Å². The molecule has 0 saturated heterocycles. The lowest BCUT2D eigenvalue weighted by Gasteiger charge is -2.28. The molecule has 2 N–H and O–H groups in total. The van der Waals surface area contributed by atoms with E-state index in [2.05, 4.69) is 10.6 Å². The summed E-state index contributed by atoms with van der Waals surface area (Å²) in [5, 5.41) is 6.25. The van der Waals surface area contributed by atoms with Crippen molar-refractivity contribution in [1.82, 2.24) is 5.32 Å². The molecule has 1 atom stereocenters. The number of nitrogens with one attached hydrogen (secondary N) is 2. The second-order valence-electron chi connectivity index (χ2n) is 4.01. The minimum atomic E-state index is -0.154. The lowest BCUT2D eigenvalue weighted by Crippen LogP contribution is -2.38. The molecule has 1 aliphatic heterocycles. The Labute approximate surface area is 107 Å². The predicted octanol–water partition coefficient (Wildman–Crippen LogP) is 3.18. The Morgan fingerprint density at radius 3 is 2.28 bits per heavy atom. The standard InChI is InChI=1S/C14H12N2O.CH4/c17-14-11-8-4-5-9-12(11)15-13(16-14)10-6-2-1-3-7-10;/h1-9,13,15H,(H,16,17);1H4. The van der Waals surface area contributed by atoms with Gasteiger partial charge in [-0.15, -0.1) is 0 Å². The lowest BCUT2D eigenvalue weighted by molar-refractivity contribution is 0.0935. The predicted molar refractivity (Wildman–Crippen MR) is 73.4 cm³/mol. The maximum atomic E-state index is 11.9. The molecular formula is C15H16N2O. The molecule has 1 heterocycles. The SMILES string of the molecule is C.O=C1NC(c2ccccc2)Nc2ccccc21. The van der Waals surface area contributed by atoms with E-state index in [0.29, 0.717) is 5.56 Å². The van der Waals surface area contributed by atoms with E-state index in [0.717, 1.165) is 11.3 Å². The monoisotopic (exact) mass is 240 g/mol. The molecule has 1 amide bonds. The van der Waals surface area contributed by atoms with Gasteiger partial charge in [-0.25, -0.2) is 0 Å². The molecule has 0 saturated carbocycles. The smallest absolute Gasteiger partial charge is 0.255 e. The quantitative estimate of drug-likeness (QED) is 0.803. The van der Waals surface area contributed by atoms with E-state index in [1.54, 1.807) is 0 Å². The molecule has 0 radical (unpaired) electrons. The van der Waals surface area contributed by atoms with E-state index in [1.807, 2.05) is 54.6 Å². The molecule has 0 fully saturated rings. The number of carbonyl (C=O) groups excluding carboxylic acids is 1. The first-order valence-corrected chi connectivity index (χ1v) is 5.56. The number of amides is 1. The van der Waals surface area contributed by atoms with Crippen LogP contribution >= 0.6 is 0 Å². The van der Waals surface area contributed by atoms with Crippen LogP contribution in [-0.4, -0.2) is 5.91 Å². The van der Waals surface area contributed by atoms with Gasteiger partial charge in [0.1, 0.15) is 6.17 Å².